The van der Waals surface area contributed by atoms with Crippen molar-refractivity contribution in [3.8, 4) is 0 Å². The molecule has 96 valence electrons. The first-order valence-electron chi connectivity index (χ1n) is 6.98. The van der Waals surface area contributed by atoms with E-state index in [0.717, 1.165) is 44.4 Å². The van der Waals surface area contributed by atoms with Gasteiger partial charge < -0.3 is 5.11 Å². The van der Waals surface area contributed by atoms with Gasteiger partial charge in [0.25, 0.3) is 0 Å². The van der Waals surface area contributed by atoms with Crippen molar-refractivity contribution in [2.45, 2.75) is 38.5 Å². The number of hydrogen-bond donors (Lipinski definition) is 1. The monoisotopic (exact) mass is 244 g/mol. The lowest BCUT2D eigenvalue weighted by Gasteiger charge is -2.49. The van der Waals surface area contributed by atoms with Gasteiger partial charge in [-0.3, -0.25) is 4.79 Å². The van der Waals surface area contributed by atoms with E-state index in [1.165, 1.54) is 5.56 Å². The minimum absolute atomic E-state index is 0.338. The zero-order valence-electron chi connectivity index (χ0n) is 10.6. The number of carboxylic acid groups (broad SMARTS) is 1. The number of carboxylic acids is 1. The second kappa shape index (κ2) is 4.42. The fraction of sp³-hybridized carbons (Fsp3) is 0.562. The average Bonchev–Trinajstić information content (AvgIpc) is 2.41. The molecular weight excluding hydrogens is 224 g/mol. The van der Waals surface area contributed by atoms with Crippen LogP contribution in [-0.2, 0) is 11.2 Å². The van der Waals surface area contributed by atoms with Crippen LogP contribution in [0.1, 0.15) is 37.7 Å². The minimum Gasteiger partial charge on any atom is -0.481 e. The maximum atomic E-state index is 11.7. The Kier molecular flexibility index (Phi) is 2.89. The Balaban J connectivity index is 1.84. The van der Waals surface area contributed by atoms with Crippen molar-refractivity contribution in [3.63, 3.8) is 0 Å². The van der Waals surface area contributed by atoms with Crippen molar-refractivity contribution in [2.75, 3.05) is 0 Å². The van der Waals surface area contributed by atoms with Crippen LogP contribution in [0.4, 0.5) is 0 Å². The number of aliphatic carboxylic acids is 1. The lowest BCUT2D eigenvalue weighted by Crippen LogP contribution is -2.48. The Bertz CT molecular complexity index is 430. The Morgan fingerprint density at radius 3 is 2.50 bits per heavy atom. The molecule has 0 saturated heterocycles. The topological polar surface area (TPSA) is 37.3 Å². The summed E-state index contributed by atoms with van der Waals surface area (Å²) in [4.78, 5) is 11.7. The molecule has 4 rings (SSSR count). The molecule has 2 bridgehead atoms. The Hall–Kier alpha value is -1.31. The maximum absolute atomic E-state index is 11.7. The molecule has 0 radical (unpaired) electrons. The predicted molar refractivity (Wildman–Crippen MR) is 70.3 cm³/mol. The molecule has 0 spiro atoms. The number of rotatable bonds is 3. The maximum Gasteiger partial charge on any atom is 0.309 e. The highest BCUT2D eigenvalue weighted by Crippen LogP contribution is 2.54. The fourth-order valence-electron chi connectivity index (χ4n) is 4.03. The highest BCUT2D eigenvalue weighted by atomic mass is 16.4. The molecule has 3 fully saturated rings. The molecule has 2 nitrogen and oxygen atoms in total. The zero-order valence-corrected chi connectivity index (χ0v) is 10.6. The number of benzene rings is 1. The molecule has 1 N–H and O–H groups in total. The SMILES string of the molecule is O=C(O)C12CCC(CC1)CC2Cc1ccccc1. The zero-order chi connectivity index (χ0) is 12.6. The third-order valence-corrected chi connectivity index (χ3v) is 5.15. The van der Waals surface area contributed by atoms with E-state index in [1.807, 2.05) is 18.2 Å². The van der Waals surface area contributed by atoms with Crippen LogP contribution in [0.25, 0.3) is 0 Å². The van der Waals surface area contributed by atoms with Gasteiger partial charge in [-0.05, 0) is 55.9 Å². The first-order chi connectivity index (χ1) is 8.71. The van der Waals surface area contributed by atoms with Crippen molar-refractivity contribution < 1.29 is 9.90 Å². The van der Waals surface area contributed by atoms with E-state index in [-0.39, 0.29) is 0 Å². The summed E-state index contributed by atoms with van der Waals surface area (Å²) in [7, 11) is 0. The van der Waals surface area contributed by atoms with Gasteiger partial charge in [-0.15, -0.1) is 0 Å². The summed E-state index contributed by atoms with van der Waals surface area (Å²) in [6.45, 7) is 0. The van der Waals surface area contributed by atoms with Crippen LogP contribution in [-0.4, -0.2) is 11.1 Å². The average molecular weight is 244 g/mol. The van der Waals surface area contributed by atoms with Gasteiger partial charge in [0.05, 0.1) is 5.41 Å². The van der Waals surface area contributed by atoms with Gasteiger partial charge in [-0.1, -0.05) is 30.3 Å². The fourth-order valence-corrected chi connectivity index (χ4v) is 4.03. The molecule has 1 aromatic rings. The summed E-state index contributed by atoms with van der Waals surface area (Å²) in [5.41, 5.74) is 0.862. The first-order valence-corrected chi connectivity index (χ1v) is 6.98. The lowest BCUT2D eigenvalue weighted by molar-refractivity contribution is -0.161. The van der Waals surface area contributed by atoms with Crippen LogP contribution in [0.2, 0.25) is 0 Å². The van der Waals surface area contributed by atoms with Crippen LogP contribution in [0, 0.1) is 17.3 Å². The van der Waals surface area contributed by atoms with Crippen LogP contribution < -0.4 is 0 Å². The molecule has 18 heavy (non-hydrogen) atoms. The van der Waals surface area contributed by atoms with Crippen LogP contribution in [0.5, 0.6) is 0 Å². The highest BCUT2D eigenvalue weighted by molar-refractivity contribution is 5.75. The molecule has 3 aliphatic carbocycles. The van der Waals surface area contributed by atoms with E-state index >= 15 is 0 Å². The van der Waals surface area contributed by atoms with Crippen molar-refractivity contribution in [2.24, 2.45) is 17.3 Å². The number of fused-ring (bicyclic) bond motifs is 3. The van der Waals surface area contributed by atoms with Crippen molar-refractivity contribution in [3.05, 3.63) is 35.9 Å². The summed E-state index contributed by atoms with van der Waals surface area (Å²) in [5.74, 6) is 0.561. The molecule has 0 aliphatic heterocycles. The van der Waals surface area contributed by atoms with E-state index in [9.17, 15) is 9.90 Å². The second-order valence-electron chi connectivity index (χ2n) is 6.03. The van der Waals surface area contributed by atoms with E-state index in [4.69, 9.17) is 0 Å². The number of hydrogen-bond acceptors (Lipinski definition) is 1. The van der Waals surface area contributed by atoms with Gasteiger partial charge in [-0.25, -0.2) is 0 Å². The van der Waals surface area contributed by atoms with E-state index in [1.54, 1.807) is 0 Å². The molecular formula is C16H20O2. The molecule has 0 amide bonds. The molecule has 3 aliphatic rings. The molecule has 0 heterocycles. The van der Waals surface area contributed by atoms with Gasteiger partial charge >= 0.3 is 5.97 Å². The van der Waals surface area contributed by atoms with Crippen LogP contribution >= 0.6 is 0 Å². The quantitative estimate of drug-likeness (QED) is 0.883. The third kappa shape index (κ3) is 1.84. The molecule has 1 atom stereocenters. The van der Waals surface area contributed by atoms with Gasteiger partial charge in [0.15, 0.2) is 0 Å². The predicted octanol–water partition coefficient (Wildman–Crippen LogP) is 3.51. The molecule has 1 aromatic carbocycles. The standard InChI is InChI=1S/C16H20O2/c17-15(18)16-8-6-13(7-9-16)11-14(16)10-12-4-2-1-3-5-12/h1-5,13-14H,6-11H2,(H,17,18). The molecule has 3 saturated carbocycles. The summed E-state index contributed by atoms with van der Waals surface area (Å²) in [6.07, 6.45) is 6.08. The van der Waals surface area contributed by atoms with Crippen molar-refractivity contribution >= 4 is 5.97 Å². The first kappa shape index (κ1) is 11.8. The Morgan fingerprint density at radius 2 is 1.89 bits per heavy atom. The Labute approximate surface area is 108 Å². The van der Waals surface area contributed by atoms with Gasteiger partial charge in [0, 0.05) is 0 Å². The normalized spacial score (nSPS) is 34.4. The van der Waals surface area contributed by atoms with E-state index < -0.39 is 11.4 Å². The minimum atomic E-state index is -0.554. The lowest BCUT2D eigenvalue weighted by atomic mass is 9.54. The van der Waals surface area contributed by atoms with Crippen molar-refractivity contribution in [1.82, 2.24) is 0 Å². The molecule has 1 unspecified atom stereocenters. The summed E-state index contributed by atoms with van der Waals surface area (Å²) >= 11 is 0. The van der Waals surface area contributed by atoms with Gasteiger partial charge in [0.2, 0.25) is 0 Å². The smallest absolute Gasteiger partial charge is 0.309 e. The van der Waals surface area contributed by atoms with Crippen LogP contribution in [0.15, 0.2) is 30.3 Å². The van der Waals surface area contributed by atoms with Gasteiger partial charge in [0.1, 0.15) is 0 Å². The summed E-state index contributed by atoms with van der Waals surface area (Å²) in [5, 5.41) is 9.66. The Morgan fingerprint density at radius 1 is 1.22 bits per heavy atom. The molecule has 0 aromatic heterocycles. The van der Waals surface area contributed by atoms with E-state index in [0.29, 0.717) is 5.92 Å². The summed E-state index contributed by atoms with van der Waals surface area (Å²) in [6, 6.07) is 10.4. The van der Waals surface area contributed by atoms with Gasteiger partial charge in [-0.2, -0.15) is 0 Å². The largest absolute Gasteiger partial charge is 0.481 e. The number of carbonyl (C=O) groups is 1. The second-order valence-corrected chi connectivity index (χ2v) is 6.03. The third-order valence-electron chi connectivity index (χ3n) is 5.15. The van der Waals surface area contributed by atoms with Crippen LogP contribution in [0.3, 0.4) is 0 Å². The van der Waals surface area contributed by atoms with Crippen molar-refractivity contribution in [1.29, 1.82) is 0 Å². The van der Waals surface area contributed by atoms with E-state index in [2.05, 4.69) is 12.1 Å². The molecule has 2 heteroatoms. The summed E-state index contributed by atoms with van der Waals surface area (Å²) < 4.78 is 0. The highest BCUT2D eigenvalue weighted by Gasteiger charge is 2.52.